The molecule has 2 rings (SSSR count). The first kappa shape index (κ1) is 19.9. The van der Waals surface area contributed by atoms with Gasteiger partial charge >= 0.3 is 5.97 Å². The van der Waals surface area contributed by atoms with Gasteiger partial charge in [0.1, 0.15) is 0 Å². The minimum absolute atomic E-state index is 0.129. The summed E-state index contributed by atoms with van der Waals surface area (Å²) in [7, 11) is 0. The molecule has 1 atom stereocenters. The lowest BCUT2D eigenvalue weighted by atomic mass is 9.99. The van der Waals surface area contributed by atoms with Crippen LogP contribution in [0.5, 0.6) is 0 Å². The Morgan fingerprint density at radius 2 is 1.85 bits per heavy atom. The Hall–Kier alpha value is -2.40. The molecule has 2 aromatic carbocycles. The summed E-state index contributed by atoms with van der Waals surface area (Å²) in [6, 6.07) is 13.9. The number of anilines is 1. The molecule has 0 saturated carbocycles. The molecule has 5 heteroatoms. The molecule has 0 aliphatic rings. The number of esters is 1. The number of carbonyl (C=O) groups excluding carboxylic acids is 1. The van der Waals surface area contributed by atoms with Crippen LogP contribution in [0.25, 0.3) is 0 Å². The minimum atomic E-state index is -0.320. The number of rotatable bonds is 6. The van der Waals surface area contributed by atoms with Crippen LogP contribution in [0.1, 0.15) is 53.4 Å². The van der Waals surface area contributed by atoms with E-state index in [0.29, 0.717) is 17.3 Å². The Labute approximate surface area is 161 Å². The van der Waals surface area contributed by atoms with Crippen LogP contribution in [-0.4, -0.2) is 17.7 Å². The summed E-state index contributed by atoms with van der Waals surface area (Å²) < 4.78 is 5.11. The van der Waals surface area contributed by atoms with E-state index in [2.05, 4.69) is 36.6 Å². The SMILES string of the molecule is CCOC(=O)c1cccc(NC(=S)N[C@@H](CC)c2ccccc2C)c1C. The van der Waals surface area contributed by atoms with E-state index in [0.717, 1.165) is 17.7 Å². The second-order valence-corrected chi connectivity index (χ2v) is 6.52. The highest BCUT2D eigenvalue weighted by molar-refractivity contribution is 7.80. The van der Waals surface area contributed by atoms with Crippen LogP contribution >= 0.6 is 12.2 Å². The molecule has 0 aromatic heterocycles. The van der Waals surface area contributed by atoms with E-state index >= 15 is 0 Å². The summed E-state index contributed by atoms with van der Waals surface area (Å²) in [6.45, 7) is 8.26. The van der Waals surface area contributed by atoms with E-state index in [1.807, 2.05) is 31.2 Å². The van der Waals surface area contributed by atoms with Gasteiger partial charge < -0.3 is 15.4 Å². The van der Waals surface area contributed by atoms with Gasteiger partial charge in [0, 0.05) is 5.69 Å². The second-order valence-electron chi connectivity index (χ2n) is 6.11. The van der Waals surface area contributed by atoms with Gasteiger partial charge in [0.05, 0.1) is 18.2 Å². The number of hydrogen-bond donors (Lipinski definition) is 2. The van der Waals surface area contributed by atoms with Crippen molar-refractivity contribution in [3.63, 3.8) is 0 Å². The van der Waals surface area contributed by atoms with Crippen molar-refractivity contribution in [1.29, 1.82) is 0 Å². The predicted molar refractivity (Wildman–Crippen MR) is 111 cm³/mol. The molecule has 4 nitrogen and oxygen atoms in total. The topological polar surface area (TPSA) is 50.4 Å². The van der Waals surface area contributed by atoms with Gasteiger partial charge in [-0.25, -0.2) is 4.79 Å². The number of ether oxygens (including phenoxy) is 1. The molecule has 0 heterocycles. The summed E-state index contributed by atoms with van der Waals surface area (Å²) in [6.07, 6.45) is 0.911. The highest BCUT2D eigenvalue weighted by atomic mass is 32.1. The lowest BCUT2D eigenvalue weighted by Crippen LogP contribution is -2.32. The van der Waals surface area contributed by atoms with Gasteiger partial charge in [0.25, 0.3) is 0 Å². The highest BCUT2D eigenvalue weighted by Gasteiger charge is 2.15. The molecule has 0 amide bonds. The summed E-state index contributed by atoms with van der Waals surface area (Å²) in [5, 5.41) is 7.12. The maximum atomic E-state index is 12.1. The van der Waals surface area contributed by atoms with E-state index in [4.69, 9.17) is 17.0 Å². The van der Waals surface area contributed by atoms with Crippen molar-refractivity contribution in [3.05, 3.63) is 64.7 Å². The normalized spacial score (nSPS) is 11.5. The van der Waals surface area contributed by atoms with Crippen molar-refractivity contribution < 1.29 is 9.53 Å². The molecule has 0 aliphatic carbocycles. The number of nitrogens with one attached hydrogen (secondary N) is 2. The molecular formula is C21H26N2O2S. The van der Waals surface area contributed by atoms with Crippen molar-refractivity contribution in [2.24, 2.45) is 0 Å². The van der Waals surface area contributed by atoms with Crippen LogP contribution < -0.4 is 10.6 Å². The average Bonchev–Trinajstić information content (AvgIpc) is 2.62. The first-order valence-corrected chi connectivity index (χ1v) is 9.28. The number of benzene rings is 2. The quantitative estimate of drug-likeness (QED) is 0.558. The van der Waals surface area contributed by atoms with Crippen LogP contribution in [0.3, 0.4) is 0 Å². The van der Waals surface area contributed by atoms with Crippen molar-refractivity contribution in [2.45, 2.75) is 40.2 Å². The summed E-state index contributed by atoms with van der Waals surface area (Å²) in [5.41, 5.74) is 4.63. The minimum Gasteiger partial charge on any atom is -0.462 e. The van der Waals surface area contributed by atoms with Crippen molar-refractivity contribution >= 4 is 29.0 Å². The van der Waals surface area contributed by atoms with Gasteiger partial charge in [0.2, 0.25) is 0 Å². The van der Waals surface area contributed by atoms with Gasteiger partial charge in [-0.1, -0.05) is 37.3 Å². The molecule has 0 fully saturated rings. The Morgan fingerprint density at radius 1 is 1.12 bits per heavy atom. The molecule has 0 bridgehead atoms. The second kappa shape index (κ2) is 9.34. The summed E-state index contributed by atoms with van der Waals surface area (Å²) in [4.78, 5) is 12.1. The zero-order valence-corrected chi connectivity index (χ0v) is 16.6. The fourth-order valence-electron chi connectivity index (χ4n) is 2.90. The zero-order valence-electron chi connectivity index (χ0n) is 15.8. The highest BCUT2D eigenvalue weighted by Crippen LogP contribution is 2.22. The van der Waals surface area contributed by atoms with Crippen LogP contribution in [0.4, 0.5) is 5.69 Å². The molecule has 0 spiro atoms. The van der Waals surface area contributed by atoms with E-state index in [1.54, 1.807) is 13.0 Å². The Morgan fingerprint density at radius 3 is 2.50 bits per heavy atom. The summed E-state index contributed by atoms with van der Waals surface area (Å²) in [5.74, 6) is -0.320. The first-order valence-electron chi connectivity index (χ1n) is 8.87. The molecular weight excluding hydrogens is 344 g/mol. The fourth-order valence-corrected chi connectivity index (χ4v) is 3.15. The molecule has 0 aliphatic heterocycles. The molecule has 0 radical (unpaired) electrons. The van der Waals surface area contributed by atoms with Gasteiger partial charge in [-0.15, -0.1) is 0 Å². The number of carbonyl (C=O) groups is 1. The van der Waals surface area contributed by atoms with Crippen LogP contribution in [-0.2, 0) is 4.74 Å². The van der Waals surface area contributed by atoms with Crippen LogP contribution in [0.15, 0.2) is 42.5 Å². The Kier molecular flexibility index (Phi) is 7.16. The number of aryl methyl sites for hydroxylation is 1. The van der Waals surface area contributed by atoms with E-state index in [9.17, 15) is 4.79 Å². The van der Waals surface area contributed by atoms with Crippen LogP contribution in [0.2, 0.25) is 0 Å². The molecule has 2 aromatic rings. The molecule has 138 valence electrons. The van der Waals surface area contributed by atoms with Crippen LogP contribution in [0, 0.1) is 13.8 Å². The zero-order chi connectivity index (χ0) is 19.1. The van der Waals surface area contributed by atoms with Gasteiger partial charge in [-0.05, 0) is 68.2 Å². The lowest BCUT2D eigenvalue weighted by molar-refractivity contribution is 0.0525. The maximum Gasteiger partial charge on any atom is 0.338 e. The third-order valence-electron chi connectivity index (χ3n) is 4.35. The van der Waals surface area contributed by atoms with Gasteiger partial charge in [-0.2, -0.15) is 0 Å². The smallest absolute Gasteiger partial charge is 0.338 e. The Bertz CT molecular complexity index is 789. The van der Waals surface area contributed by atoms with Crippen molar-refractivity contribution in [2.75, 3.05) is 11.9 Å². The maximum absolute atomic E-state index is 12.1. The van der Waals surface area contributed by atoms with E-state index in [1.165, 1.54) is 11.1 Å². The monoisotopic (exact) mass is 370 g/mol. The first-order chi connectivity index (χ1) is 12.5. The average molecular weight is 371 g/mol. The third-order valence-corrected chi connectivity index (χ3v) is 4.57. The predicted octanol–water partition coefficient (Wildman–Crippen LogP) is 4.92. The molecule has 2 N–H and O–H groups in total. The molecule has 26 heavy (non-hydrogen) atoms. The van der Waals surface area contributed by atoms with Crippen molar-refractivity contribution in [3.8, 4) is 0 Å². The molecule has 0 saturated heterocycles. The van der Waals surface area contributed by atoms with Crippen molar-refractivity contribution in [1.82, 2.24) is 5.32 Å². The standard InChI is InChI=1S/C21H26N2O2S/c1-5-18(16-11-8-7-10-14(16)3)22-21(26)23-19-13-9-12-17(15(19)4)20(24)25-6-2/h7-13,18H,5-6H2,1-4H3,(H2,22,23,26)/t18-/m0/s1. The Balaban J connectivity index is 2.13. The van der Waals surface area contributed by atoms with Gasteiger partial charge in [0.15, 0.2) is 5.11 Å². The van der Waals surface area contributed by atoms with E-state index < -0.39 is 0 Å². The largest absolute Gasteiger partial charge is 0.462 e. The molecule has 0 unspecified atom stereocenters. The summed E-state index contributed by atoms with van der Waals surface area (Å²) >= 11 is 5.50. The van der Waals surface area contributed by atoms with E-state index in [-0.39, 0.29) is 12.0 Å². The number of hydrogen-bond acceptors (Lipinski definition) is 3. The third kappa shape index (κ3) is 4.82. The number of thiocarbonyl (C=S) groups is 1. The fraction of sp³-hybridized carbons (Fsp3) is 0.333. The van der Waals surface area contributed by atoms with Gasteiger partial charge in [-0.3, -0.25) is 0 Å². The lowest BCUT2D eigenvalue weighted by Gasteiger charge is -2.22.